The van der Waals surface area contributed by atoms with E-state index in [2.05, 4.69) is 5.32 Å². The van der Waals surface area contributed by atoms with Crippen molar-refractivity contribution in [1.82, 2.24) is 5.32 Å². The summed E-state index contributed by atoms with van der Waals surface area (Å²) >= 11 is 0. The van der Waals surface area contributed by atoms with Gasteiger partial charge in [-0.2, -0.15) is 0 Å². The van der Waals surface area contributed by atoms with Crippen molar-refractivity contribution in [1.29, 1.82) is 0 Å². The maximum Gasteiger partial charge on any atom is 0.148 e. The topological polar surface area (TPSA) is 49.3 Å². The first-order valence-corrected chi connectivity index (χ1v) is 3.13. The smallest absolute Gasteiger partial charge is 0.148 e. The van der Waals surface area contributed by atoms with Crippen LogP contribution >= 0.6 is 0 Å². The van der Waals surface area contributed by atoms with Gasteiger partial charge in [-0.1, -0.05) is 0 Å². The summed E-state index contributed by atoms with van der Waals surface area (Å²) in [5.74, 6) is 0.195. The molecule has 0 spiro atoms. The molecule has 3 nitrogen and oxygen atoms in total. The summed E-state index contributed by atoms with van der Waals surface area (Å²) in [6, 6.07) is -0.00231. The summed E-state index contributed by atoms with van der Waals surface area (Å²) in [5.41, 5.74) is 0. The number of aliphatic hydroxyl groups excluding tert-OH is 1. The summed E-state index contributed by atoms with van der Waals surface area (Å²) in [7, 11) is 0. The zero-order valence-corrected chi connectivity index (χ0v) is 5.42. The highest BCUT2D eigenvalue weighted by Crippen LogP contribution is 2.04. The lowest BCUT2D eigenvalue weighted by Crippen LogP contribution is -2.32. The molecule has 2 N–H and O–H groups in total. The molecule has 1 fully saturated rings. The fourth-order valence-electron chi connectivity index (χ4n) is 0.976. The Morgan fingerprint density at radius 1 is 1.89 bits per heavy atom. The van der Waals surface area contributed by atoms with Crippen molar-refractivity contribution >= 4 is 5.78 Å². The molecule has 0 aromatic heterocycles. The van der Waals surface area contributed by atoms with Gasteiger partial charge >= 0.3 is 0 Å². The maximum atomic E-state index is 10.6. The second-order valence-corrected chi connectivity index (χ2v) is 2.47. The first-order valence-electron chi connectivity index (χ1n) is 3.13. The Balaban J connectivity index is 2.39. The number of carbonyl (C=O) groups excluding carboxylic acids is 1. The molecular weight excluding hydrogens is 118 g/mol. The molecule has 3 heteroatoms. The van der Waals surface area contributed by atoms with Gasteiger partial charge in [-0.3, -0.25) is 4.79 Å². The van der Waals surface area contributed by atoms with E-state index in [1.807, 2.05) is 0 Å². The Hall–Kier alpha value is -0.410. The molecule has 52 valence electrons. The zero-order chi connectivity index (χ0) is 6.85. The van der Waals surface area contributed by atoms with Crippen molar-refractivity contribution in [2.45, 2.75) is 25.5 Å². The van der Waals surface area contributed by atoms with E-state index < -0.39 is 6.10 Å². The predicted octanol–water partition coefficient (Wildman–Crippen LogP) is -0.702. The van der Waals surface area contributed by atoms with E-state index in [0.29, 0.717) is 13.0 Å². The Labute approximate surface area is 54.1 Å². The predicted molar refractivity (Wildman–Crippen MR) is 33.1 cm³/mol. The van der Waals surface area contributed by atoms with Crippen LogP contribution in [-0.4, -0.2) is 29.6 Å². The number of nitrogens with one attached hydrogen (secondary N) is 1. The van der Waals surface area contributed by atoms with Gasteiger partial charge < -0.3 is 10.4 Å². The molecule has 1 aliphatic heterocycles. The van der Waals surface area contributed by atoms with Crippen LogP contribution in [0.1, 0.15) is 13.3 Å². The summed E-state index contributed by atoms with van der Waals surface area (Å²) in [6.07, 6.45) is 0.0777. The molecule has 1 aliphatic rings. The van der Waals surface area contributed by atoms with Gasteiger partial charge in [0.2, 0.25) is 0 Å². The molecule has 1 heterocycles. The fraction of sp³-hybridized carbons (Fsp3) is 0.833. The standard InChI is InChI=1S/C6H11NO2/c1-4(8)6-2-5(9)3-7-6/h4,6-8H,2-3H2,1H3/t4?,6-/m0/s1. The summed E-state index contributed by atoms with van der Waals surface area (Å²) in [5, 5.41) is 11.9. The minimum absolute atomic E-state index is 0.00231. The largest absolute Gasteiger partial charge is 0.392 e. The fourth-order valence-corrected chi connectivity index (χ4v) is 0.976. The number of aliphatic hydroxyl groups is 1. The van der Waals surface area contributed by atoms with Gasteiger partial charge in [0, 0.05) is 12.5 Å². The van der Waals surface area contributed by atoms with E-state index in [-0.39, 0.29) is 11.8 Å². The maximum absolute atomic E-state index is 10.6. The van der Waals surface area contributed by atoms with E-state index in [0.717, 1.165) is 0 Å². The average Bonchev–Trinajstić information content (AvgIpc) is 2.14. The van der Waals surface area contributed by atoms with Crippen LogP contribution in [0.2, 0.25) is 0 Å². The van der Waals surface area contributed by atoms with Crippen molar-refractivity contribution in [2.24, 2.45) is 0 Å². The van der Waals surface area contributed by atoms with Crippen molar-refractivity contribution in [3.63, 3.8) is 0 Å². The van der Waals surface area contributed by atoms with Crippen molar-refractivity contribution in [3.05, 3.63) is 0 Å². The van der Waals surface area contributed by atoms with Crippen LogP contribution in [0.5, 0.6) is 0 Å². The Morgan fingerprint density at radius 2 is 2.56 bits per heavy atom. The molecule has 0 aliphatic carbocycles. The number of hydrogen-bond acceptors (Lipinski definition) is 3. The summed E-state index contributed by atoms with van der Waals surface area (Å²) < 4.78 is 0. The van der Waals surface area contributed by atoms with Gasteiger partial charge in [0.05, 0.1) is 12.6 Å². The molecule has 0 radical (unpaired) electrons. The lowest BCUT2D eigenvalue weighted by Gasteiger charge is -2.10. The second-order valence-electron chi connectivity index (χ2n) is 2.47. The molecule has 0 aromatic carbocycles. The zero-order valence-electron chi connectivity index (χ0n) is 5.42. The van der Waals surface area contributed by atoms with Crippen LogP contribution in [-0.2, 0) is 4.79 Å². The summed E-state index contributed by atoms with van der Waals surface area (Å²) in [4.78, 5) is 10.6. The molecule has 9 heavy (non-hydrogen) atoms. The monoisotopic (exact) mass is 129 g/mol. The number of hydrogen-bond donors (Lipinski definition) is 2. The van der Waals surface area contributed by atoms with Gasteiger partial charge in [-0.15, -0.1) is 0 Å². The minimum atomic E-state index is -0.406. The van der Waals surface area contributed by atoms with Gasteiger partial charge in [0.1, 0.15) is 5.78 Å². The van der Waals surface area contributed by atoms with Crippen molar-refractivity contribution in [2.75, 3.05) is 6.54 Å². The number of rotatable bonds is 1. The van der Waals surface area contributed by atoms with E-state index in [1.54, 1.807) is 6.92 Å². The number of ketones is 1. The highest BCUT2D eigenvalue weighted by Gasteiger charge is 2.24. The third-order valence-corrected chi connectivity index (χ3v) is 1.59. The van der Waals surface area contributed by atoms with Crippen molar-refractivity contribution in [3.8, 4) is 0 Å². The quantitative estimate of drug-likeness (QED) is 0.492. The molecule has 0 aromatic rings. The molecule has 1 saturated heterocycles. The molecule has 0 amide bonds. The summed E-state index contributed by atoms with van der Waals surface area (Å²) in [6.45, 7) is 2.12. The van der Waals surface area contributed by atoms with Crippen LogP contribution in [0.15, 0.2) is 0 Å². The second kappa shape index (κ2) is 2.45. The Morgan fingerprint density at radius 3 is 2.78 bits per heavy atom. The highest BCUT2D eigenvalue weighted by atomic mass is 16.3. The van der Waals surface area contributed by atoms with Crippen molar-refractivity contribution < 1.29 is 9.90 Å². The third-order valence-electron chi connectivity index (χ3n) is 1.59. The molecule has 1 rings (SSSR count). The van der Waals surface area contributed by atoms with Gasteiger partial charge in [-0.25, -0.2) is 0 Å². The van der Waals surface area contributed by atoms with Crippen LogP contribution in [0, 0.1) is 0 Å². The molecule has 0 saturated carbocycles. The number of carbonyl (C=O) groups is 1. The normalized spacial score (nSPS) is 30.9. The van der Waals surface area contributed by atoms with Gasteiger partial charge in [0.15, 0.2) is 0 Å². The van der Waals surface area contributed by atoms with Crippen LogP contribution < -0.4 is 5.32 Å². The molecule has 1 unspecified atom stereocenters. The first kappa shape index (κ1) is 6.71. The van der Waals surface area contributed by atoms with Crippen LogP contribution in [0.4, 0.5) is 0 Å². The first-order chi connectivity index (χ1) is 4.20. The Kier molecular flexibility index (Phi) is 1.83. The highest BCUT2D eigenvalue weighted by molar-refractivity contribution is 5.83. The van der Waals surface area contributed by atoms with E-state index in [1.165, 1.54) is 0 Å². The van der Waals surface area contributed by atoms with Crippen LogP contribution in [0.25, 0.3) is 0 Å². The Bertz CT molecular complexity index is 122. The molecule has 0 bridgehead atoms. The third kappa shape index (κ3) is 1.50. The average molecular weight is 129 g/mol. The number of Topliss-reactive ketones (excluding diaryl/α,β-unsaturated/α-hetero) is 1. The van der Waals surface area contributed by atoms with Gasteiger partial charge in [0.25, 0.3) is 0 Å². The lowest BCUT2D eigenvalue weighted by atomic mass is 10.1. The van der Waals surface area contributed by atoms with Gasteiger partial charge in [-0.05, 0) is 6.92 Å². The molecule has 2 atom stereocenters. The van der Waals surface area contributed by atoms with Crippen LogP contribution in [0.3, 0.4) is 0 Å². The van der Waals surface area contributed by atoms with E-state index in [9.17, 15) is 4.79 Å². The van der Waals surface area contributed by atoms with E-state index >= 15 is 0 Å². The SMILES string of the molecule is CC(O)[C@@H]1CC(=O)CN1. The lowest BCUT2D eigenvalue weighted by molar-refractivity contribution is -0.116. The minimum Gasteiger partial charge on any atom is -0.392 e. The van der Waals surface area contributed by atoms with E-state index in [4.69, 9.17) is 5.11 Å². The molecular formula is C6H11NO2.